The van der Waals surface area contributed by atoms with Gasteiger partial charge in [0.2, 0.25) is 0 Å². The molecule has 0 amide bonds. The highest BCUT2D eigenvalue weighted by Gasteiger charge is 2.39. The Morgan fingerprint density at radius 2 is 1.96 bits per heavy atom. The van der Waals surface area contributed by atoms with Crippen molar-refractivity contribution in [1.82, 2.24) is 10.9 Å². The standard InChI is InChI=1S/C16H17ClFI2N5O/c1-7-4-23(19)6-9-5-22(3)14-10-13(11(17)8(2)12(14)18)25(20)16(26)21-15(10)24(7)9/h7,9H,4-6H2,1-3H3. The summed E-state index contributed by atoms with van der Waals surface area (Å²) < 4.78 is 18.9. The van der Waals surface area contributed by atoms with Crippen molar-refractivity contribution in [3.8, 4) is 0 Å². The minimum Gasteiger partial charge on any atom is -0.369 e. The minimum atomic E-state index is -0.389. The summed E-state index contributed by atoms with van der Waals surface area (Å²) in [7, 11) is 1.89. The normalized spacial score (nSPS) is 23.3. The summed E-state index contributed by atoms with van der Waals surface area (Å²) in [5.74, 6) is 0.196. The third kappa shape index (κ3) is 2.64. The first-order valence-electron chi connectivity index (χ1n) is 8.23. The molecule has 1 fully saturated rings. The Hall–Kier alpha value is -0.400. The van der Waals surface area contributed by atoms with Gasteiger partial charge in [-0.25, -0.2) is 15.1 Å². The van der Waals surface area contributed by atoms with E-state index in [9.17, 15) is 4.79 Å². The molecule has 0 radical (unpaired) electrons. The monoisotopic (exact) mass is 603 g/mol. The van der Waals surface area contributed by atoms with Gasteiger partial charge >= 0.3 is 5.69 Å². The molecule has 0 N–H and O–H groups in total. The lowest BCUT2D eigenvalue weighted by atomic mass is 10.1. The number of hydrogen-bond acceptors (Lipinski definition) is 5. The fraction of sp³-hybridized carbons (Fsp3) is 0.500. The number of fused-ring (bicyclic) bond motifs is 2. The molecule has 1 aromatic carbocycles. The van der Waals surface area contributed by atoms with Gasteiger partial charge in [0.05, 0.1) is 50.5 Å². The van der Waals surface area contributed by atoms with Crippen molar-refractivity contribution < 1.29 is 4.39 Å². The molecule has 10 heteroatoms. The average Bonchev–Trinajstić information content (AvgIpc) is 2.67. The average molecular weight is 604 g/mol. The summed E-state index contributed by atoms with van der Waals surface area (Å²) in [4.78, 5) is 21.0. The zero-order valence-electron chi connectivity index (χ0n) is 14.4. The number of benzene rings is 1. The molecule has 2 aliphatic heterocycles. The van der Waals surface area contributed by atoms with Crippen LogP contribution in [0.4, 0.5) is 15.9 Å². The maximum atomic E-state index is 15.2. The van der Waals surface area contributed by atoms with Crippen LogP contribution in [0.5, 0.6) is 0 Å². The van der Waals surface area contributed by atoms with Crippen LogP contribution in [0.15, 0.2) is 4.79 Å². The maximum Gasteiger partial charge on any atom is 0.359 e. The summed E-state index contributed by atoms with van der Waals surface area (Å²) in [6, 6.07) is 0.250. The third-order valence-corrected chi connectivity index (χ3v) is 7.33. The maximum absolute atomic E-state index is 15.2. The van der Waals surface area contributed by atoms with Crippen molar-refractivity contribution >= 4 is 79.7 Å². The molecule has 4 rings (SSSR count). The second kappa shape index (κ2) is 6.59. The quantitative estimate of drug-likeness (QED) is 0.342. The van der Waals surface area contributed by atoms with Crippen LogP contribution in [0.25, 0.3) is 10.9 Å². The summed E-state index contributed by atoms with van der Waals surface area (Å²) >= 11 is 10.7. The molecule has 0 saturated carbocycles. The Kier molecular flexibility index (Phi) is 4.80. The zero-order valence-corrected chi connectivity index (χ0v) is 19.5. The molecule has 140 valence electrons. The second-order valence-corrected chi connectivity index (χ2v) is 9.65. The van der Waals surface area contributed by atoms with E-state index in [2.05, 4.69) is 42.8 Å². The fourth-order valence-electron chi connectivity index (χ4n) is 4.07. The van der Waals surface area contributed by atoms with Gasteiger partial charge in [-0.2, -0.15) is 4.98 Å². The van der Waals surface area contributed by atoms with E-state index >= 15 is 4.39 Å². The Labute approximate surface area is 183 Å². The Morgan fingerprint density at radius 1 is 1.27 bits per heavy atom. The third-order valence-electron chi connectivity index (χ3n) is 5.19. The molecule has 2 aliphatic rings. The molecule has 2 atom stereocenters. The molecule has 2 aromatic rings. The molecule has 1 saturated heterocycles. The summed E-state index contributed by atoms with van der Waals surface area (Å²) in [5, 5.41) is 0.884. The van der Waals surface area contributed by atoms with E-state index in [0.29, 0.717) is 34.5 Å². The Bertz CT molecular complexity index is 984. The summed E-state index contributed by atoms with van der Waals surface area (Å²) in [5.41, 5.74) is 0.968. The van der Waals surface area contributed by atoms with E-state index in [4.69, 9.17) is 11.6 Å². The van der Waals surface area contributed by atoms with Gasteiger partial charge in [0.1, 0.15) is 5.82 Å². The lowest BCUT2D eigenvalue weighted by molar-refractivity contribution is 0.335. The molecule has 26 heavy (non-hydrogen) atoms. The van der Waals surface area contributed by atoms with Gasteiger partial charge in [-0.3, -0.25) is 0 Å². The molecule has 1 aromatic heterocycles. The molecule has 3 heterocycles. The van der Waals surface area contributed by atoms with Crippen LogP contribution in [0.3, 0.4) is 0 Å². The van der Waals surface area contributed by atoms with Crippen molar-refractivity contribution in [2.24, 2.45) is 0 Å². The van der Waals surface area contributed by atoms with Crippen LogP contribution in [-0.4, -0.2) is 49.6 Å². The predicted molar refractivity (Wildman–Crippen MR) is 120 cm³/mol. The molecular weight excluding hydrogens is 586 g/mol. The largest absolute Gasteiger partial charge is 0.369 e. The number of anilines is 2. The molecule has 0 aliphatic carbocycles. The smallest absolute Gasteiger partial charge is 0.359 e. The topological polar surface area (TPSA) is 44.6 Å². The van der Waals surface area contributed by atoms with Gasteiger partial charge in [0.25, 0.3) is 0 Å². The van der Waals surface area contributed by atoms with Gasteiger partial charge in [-0.05, 0) is 13.8 Å². The number of piperazine rings is 1. The number of halogens is 4. The molecule has 0 spiro atoms. The van der Waals surface area contributed by atoms with E-state index in [0.717, 1.165) is 13.1 Å². The number of hydrogen-bond donors (Lipinski definition) is 0. The van der Waals surface area contributed by atoms with Crippen LogP contribution in [0.1, 0.15) is 12.5 Å². The number of rotatable bonds is 0. The molecule has 2 unspecified atom stereocenters. The van der Waals surface area contributed by atoms with Crippen LogP contribution in [0.2, 0.25) is 5.02 Å². The van der Waals surface area contributed by atoms with Gasteiger partial charge in [-0.15, -0.1) is 0 Å². The number of likely N-dealkylation sites (N-methyl/N-ethyl adjacent to an activating group) is 1. The number of aromatic nitrogens is 2. The molecule has 6 nitrogen and oxygen atoms in total. The molecular formula is C16H17ClFI2N5O. The van der Waals surface area contributed by atoms with E-state index in [-0.39, 0.29) is 28.6 Å². The van der Waals surface area contributed by atoms with Crippen molar-refractivity contribution in [2.45, 2.75) is 25.9 Å². The summed E-state index contributed by atoms with van der Waals surface area (Å²) in [6.07, 6.45) is 0. The van der Waals surface area contributed by atoms with Gasteiger partial charge < -0.3 is 9.80 Å². The van der Waals surface area contributed by atoms with Crippen LogP contribution >= 0.6 is 57.3 Å². The van der Waals surface area contributed by atoms with Gasteiger partial charge in [0, 0.05) is 61.2 Å². The lowest BCUT2D eigenvalue weighted by Gasteiger charge is -2.44. The molecule has 0 bridgehead atoms. The highest BCUT2D eigenvalue weighted by molar-refractivity contribution is 14.1. The fourth-order valence-corrected chi connectivity index (χ4v) is 6.09. The Morgan fingerprint density at radius 3 is 2.65 bits per heavy atom. The lowest BCUT2D eigenvalue weighted by Crippen LogP contribution is -2.58. The second-order valence-electron chi connectivity index (χ2n) is 6.94. The van der Waals surface area contributed by atoms with Gasteiger partial charge in [0.15, 0.2) is 5.82 Å². The predicted octanol–water partition coefficient (Wildman–Crippen LogP) is 3.37. The van der Waals surface area contributed by atoms with Crippen LogP contribution in [0, 0.1) is 12.7 Å². The van der Waals surface area contributed by atoms with Crippen molar-refractivity contribution in [2.75, 3.05) is 36.5 Å². The minimum absolute atomic E-state index is 0.103. The highest BCUT2D eigenvalue weighted by atomic mass is 127. The zero-order chi connectivity index (χ0) is 18.9. The SMILES string of the molecule is Cc1c(F)c2c3c(nc(=O)n(I)c3c1Cl)N1C(C)CN(I)CC1CN2C. The van der Waals surface area contributed by atoms with Crippen molar-refractivity contribution in [3.05, 3.63) is 26.9 Å². The van der Waals surface area contributed by atoms with Crippen molar-refractivity contribution in [1.29, 1.82) is 0 Å². The summed E-state index contributed by atoms with van der Waals surface area (Å²) in [6.45, 7) is 6.06. The first kappa shape index (κ1) is 18.9. The highest BCUT2D eigenvalue weighted by Crippen LogP contribution is 2.44. The van der Waals surface area contributed by atoms with Crippen LogP contribution < -0.4 is 15.5 Å². The first-order valence-corrected chi connectivity index (χ1v) is 10.5. The van der Waals surface area contributed by atoms with Gasteiger partial charge in [-0.1, -0.05) is 11.6 Å². The van der Waals surface area contributed by atoms with E-state index in [1.807, 2.05) is 34.8 Å². The number of nitrogens with zero attached hydrogens (tertiary/aromatic N) is 5. The van der Waals surface area contributed by atoms with Crippen molar-refractivity contribution in [3.63, 3.8) is 0 Å². The van der Waals surface area contributed by atoms with E-state index in [1.54, 1.807) is 6.92 Å². The Balaban J connectivity index is 2.17. The van der Waals surface area contributed by atoms with E-state index < -0.39 is 0 Å². The van der Waals surface area contributed by atoms with E-state index in [1.165, 1.54) is 2.78 Å². The van der Waals surface area contributed by atoms with Crippen LogP contribution in [-0.2, 0) is 0 Å². The first-order chi connectivity index (χ1) is 12.2.